The molecule has 0 unspecified atom stereocenters. The van der Waals surface area contributed by atoms with Gasteiger partial charge in [0.2, 0.25) is 0 Å². The van der Waals surface area contributed by atoms with Crippen LogP contribution in [0.5, 0.6) is 0 Å². The molecule has 0 radical (unpaired) electrons. The third kappa shape index (κ3) is 1.37. The van der Waals surface area contributed by atoms with Crippen molar-refractivity contribution in [3.8, 4) is 0 Å². The molecule has 0 bridgehead atoms. The molecular formula is C7H5CdNS. The van der Waals surface area contributed by atoms with Gasteiger partial charge in [0.1, 0.15) is 0 Å². The van der Waals surface area contributed by atoms with Gasteiger partial charge in [0, 0.05) is 27.3 Å². The van der Waals surface area contributed by atoms with Gasteiger partial charge in [-0.15, -0.1) is 11.3 Å². The predicted octanol–water partition coefficient (Wildman–Crippen LogP) is 2.29. The summed E-state index contributed by atoms with van der Waals surface area (Å²) in [7, 11) is 0. The second kappa shape index (κ2) is 3.43. The summed E-state index contributed by atoms with van der Waals surface area (Å²) in [5, 5.41) is 0. The summed E-state index contributed by atoms with van der Waals surface area (Å²) in [4.78, 5) is 4.14. The first kappa shape index (κ1) is 8.13. The molecule has 0 atom stereocenters. The standard InChI is InChI=1S/C7H5NS.Cd/c1-2-4-7-6(3-1)8-5-9-7;/h1-5H;. The van der Waals surface area contributed by atoms with E-state index in [9.17, 15) is 0 Å². The van der Waals surface area contributed by atoms with Crippen LogP contribution in [0.15, 0.2) is 29.8 Å². The number of hydrogen-bond donors (Lipinski definition) is 0. The monoisotopic (exact) mass is 249 g/mol. The van der Waals surface area contributed by atoms with Crippen molar-refractivity contribution in [1.82, 2.24) is 4.98 Å². The van der Waals surface area contributed by atoms with Gasteiger partial charge in [0.05, 0.1) is 15.7 Å². The Hall–Kier alpha value is 0.0321. The van der Waals surface area contributed by atoms with Crippen LogP contribution in [0.25, 0.3) is 10.2 Å². The maximum atomic E-state index is 4.14. The first-order valence-electron chi connectivity index (χ1n) is 2.75. The quantitative estimate of drug-likeness (QED) is 0.651. The summed E-state index contributed by atoms with van der Waals surface area (Å²) in [5.74, 6) is 0. The average molecular weight is 248 g/mol. The zero-order chi connectivity index (χ0) is 6.10. The minimum Gasteiger partial charge on any atom is -0.245 e. The van der Waals surface area contributed by atoms with Gasteiger partial charge < -0.3 is 0 Å². The Morgan fingerprint density at radius 3 is 2.80 bits per heavy atom. The molecular weight excluding hydrogens is 243 g/mol. The molecule has 0 saturated carbocycles. The van der Waals surface area contributed by atoms with E-state index in [1.807, 2.05) is 23.7 Å². The minimum atomic E-state index is 0. The number of nitrogens with zero attached hydrogens (tertiary/aromatic N) is 1. The molecule has 0 saturated heterocycles. The van der Waals surface area contributed by atoms with E-state index in [-0.39, 0.29) is 27.3 Å². The predicted molar refractivity (Wildman–Crippen MR) is 39.6 cm³/mol. The molecule has 0 aliphatic rings. The average Bonchev–Trinajstić information content (AvgIpc) is 2.33. The van der Waals surface area contributed by atoms with Crippen LogP contribution in [0.2, 0.25) is 0 Å². The van der Waals surface area contributed by atoms with Crippen molar-refractivity contribution in [2.24, 2.45) is 0 Å². The molecule has 0 amide bonds. The fourth-order valence-corrected chi connectivity index (χ4v) is 1.48. The first-order valence-corrected chi connectivity index (χ1v) is 3.63. The maximum Gasteiger partial charge on any atom is 0.0812 e. The Kier molecular flexibility index (Phi) is 2.79. The van der Waals surface area contributed by atoms with E-state index >= 15 is 0 Å². The Morgan fingerprint density at radius 1 is 1.20 bits per heavy atom. The Labute approximate surface area is 83.3 Å². The number of aromatic nitrogens is 1. The van der Waals surface area contributed by atoms with Crippen LogP contribution >= 0.6 is 11.3 Å². The molecule has 2 rings (SSSR count). The number of rotatable bonds is 0. The number of fused-ring (bicyclic) bond motifs is 1. The van der Waals surface area contributed by atoms with Gasteiger partial charge in [-0.2, -0.15) is 0 Å². The van der Waals surface area contributed by atoms with E-state index in [4.69, 9.17) is 0 Å². The SMILES string of the molecule is [Cd].c1ccc2scnc2c1. The van der Waals surface area contributed by atoms with Crippen LogP contribution in [-0.4, -0.2) is 4.98 Å². The van der Waals surface area contributed by atoms with Gasteiger partial charge in [-0.1, -0.05) is 12.1 Å². The minimum absolute atomic E-state index is 0. The van der Waals surface area contributed by atoms with Crippen molar-refractivity contribution in [3.63, 3.8) is 0 Å². The van der Waals surface area contributed by atoms with Gasteiger partial charge in [-0.05, 0) is 12.1 Å². The van der Waals surface area contributed by atoms with E-state index in [2.05, 4.69) is 11.1 Å². The van der Waals surface area contributed by atoms with Crippen molar-refractivity contribution >= 4 is 21.6 Å². The van der Waals surface area contributed by atoms with Gasteiger partial charge in [0.25, 0.3) is 0 Å². The summed E-state index contributed by atoms with van der Waals surface area (Å²) in [6.45, 7) is 0. The van der Waals surface area contributed by atoms with Gasteiger partial charge >= 0.3 is 0 Å². The molecule has 0 spiro atoms. The number of hydrogen-bond acceptors (Lipinski definition) is 2. The van der Waals surface area contributed by atoms with Crippen molar-refractivity contribution in [3.05, 3.63) is 29.8 Å². The Balaban J connectivity index is 0.000000500. The molecule has 1 heterocycles. The van der Waals surface area contributed by atoms with Crippen molar-refractivity contribution in [1.29, 1.82) is 0 Å². The smallest absolute Gasteiger partial charge is 0.0812 e. The van der Waals surface area contributed by atoms with E-state index < -0.39 is 0 Å². The Morgan fingerprint density at radius 2 is 2.00 bits per heavy atom. The van der Waals surface area contributed by atoms with Crippen LogP contribution in [0.4, 0.5) is 0 Å². The van der Waals surface area contributed by atoms with Crippen LogP contribution < -0.4 is 0 Å². The maximum absolute atomic E-state index is 4.14. The fraction of sp³-hybridized carbons (Fsp3) is 0. The zero-order valence-corrected chi connectivity index (χ0v) is 10.3. The molecule has 1 aromatic carbocycles. The topological polar surface area (TPSA) is 12.9 Å². The molecule has 10 heavy (non-hydrogen) atoms. The molecule has 0 N–H and O–H groups in total. The van der Waals surface area contributed by atoms with E-state index in [0.717, 1.165) is 5.52 Å². The molecule has 0 aliphatic carbocycles. The number of benzene rings is 1. The van der Waals surface area contributed by atoms with Crippen LogP contribution in [0, 0.1) is 0 Å². The van der Waals surface area contributed by atoms with Gasteiger partial charge in [0.15, 0.2) is 0 Å². The van der Waals surface area contributed by atoms with Gasteiger partial charge in [-0.25, -0.2) is 4.98 Å². The molecule has 3 heteroatoms. The largest absolute Gasteiger partial charge is 0.245 e. The van der Waals surface area contributed by atoms with Crippen LogP contribution in [0.3, 0.4) is 0 Å². The molecule has 1 nitrogen and oxygen atoms in total. The second-order valence-corrected chi connectivity index (χ2v) is 2.71. The number of thiazole rings is 1. The normalized spacial score (nSPS) is 9.20. The van der Waals surface area contributed by atoms with Crippen LogP contribution in [0.1, 0.15) is 0 Å². The summed E-state index contributed by atoms with van der Waals surface area (Å²) in [6, 6.07) is 8.13. The summed E-state index contributed by atoms with van der Waals surface area (Å²) >= 11 is 1.68. The molecule has 0 aliphatic heterocycles. The van der Waals surface area contributed by atoms with E-state index in [1.54, 1.807) is 11.3 Å². The second-order valence-electron chi connectivity index (χ2n) is 1.82. The molecule has 46 valence electrons. The first-order chi connectivity index (χ1) is 4.47. The third-order valence-corrected chi connectivity index (χ3v) is 2.05. The molecule has 1 aromatic heterocycles. The van der Waals surface area contributed by atoms with Crippen molar-refractivity contribution < 1.29 is 27.3 Å². The third-order valence-electron chi connectivity index (χ3n) is 1.24. The molecule has 2 aromatic rings. The fourth-order valence-electron chi connectivity index (χ4n) is 0.803. The molecule has 0 fully saturated rings. The van der Waals surface area contributed by atoms with Crippen LogP contribution in [-0.2, 0) is 27.3 Å². The van der Waals surface area contributed by atoms with Gasteiger partial charge in [-0.3, -0.25) is 0 Å². The zero-order valence-electron chi connectivity index (χ0n) is 5.45. The van der Waals surface area contributed by atoms with E-state index in [0.29, 0.717) is 0 Å². The number of para-hydroxylation sites is 1. The summed E-state index contributed by atoms with van der Waals surface area (Å²) in [5.41, 5.74) is 2.97. The summed E-state index contributed by atoms with van der Waals surface area (Å²) < 4.78 is 1.26. The van der Waals surface area contributed by atoms with E-state index in [1.165, 1.54) is 4.70 Å². The van der Waals surface area contributed by atoms with Crippen molar-refractivity contribution in [2.45, 2.75) is 0 Å². The van der Waals surface area contributed by atoms with Crippen molar-refractivity contribution in [2.75, 3.05) is 0 Å². The Bertz CT molecular complexity index is 288. The summed E-state index contributed by atoms with van der Waals surface area (Å²) in [6.07, 6.45) is 0.